The van der Waals surface area contributed by atoms with Crippen LogP contribution in [-0.4, -0.2) is 39.7 Å². The Bertz CT molecular complexity index is 1290. The number of nitrogens with one attached hydrogen (secondary N) is 2. The first-order chi connectivity index (χ1) is 16.7. The number of carbonyl (C=O) groups excluding carboxylic acids is 2. The highest BCUT2D eigenvalue weighted by Gasteiger charge is 2.19. The molecule has 0 heterocycles. The number of rotatable bonds is 9. The van der Waals surface area contributed by atoms with Crippen LogP contribution in [0, 0.1) is 6.92 Å². The third-order valence-electron chi connectivity index (χ3n) is 5.23. The van der Waals surface area contributed by atoms with Crippen LogP contribution in [0.2, 0.25) is 0 Å². The van der Waals surface area contributed by atoms with E-state index in [0.717, 1.165) is 34.2 Å². The molecule has 9 heteroatoms. The number of carbonyl (C=O) groups is 4. The SMILES string of the molecule is CCc1cccc(C)c1NC(=O)CSc1ccc(NC(=O)c2ccc(C(=O)O)cc2C(=O)O)cc1. The number of hydrogen-bond acceptors (Lipinski definition) is 5. The summed E-state index contributed by atoms with van der Waals surface area (Å²) in [6.07, 6.45) is 0.815. The van der Waals surface area contributed by atoms with Crippen LogP contribution in [-0.2, 0) is 11.2 Å². The second kappa shape index (κ2) is 11.3. The summed E-state index contributed by atoms with van der Waals surface area (Å²) in [6.45, 7) is 3.99. The molecule has 35 heavy (non-hydrogen) atoms. The lowest BCUT2D eigenvalue weighted by Crippen LogP contribution is -2.17. The summed E-state index contributed by atoms with van der Waals surface area (Å²) in [5.74, 6) is -3.28. The first-order valence-electron chi connectivity index (χ1n) is 10.7. The number of carboxylic acids is 2. The number of amides is 2. The summed E-state index contributed by atoms with van der Waals surface area (Å²) < 4.78 is 0. The summed E-state index contributed by atoms with van der Waals surface area (Å²) >= 11 is 1.34. The Hall–Kier alpha value is -4.11. The molecule has 2 amide bonds. The molecule has 0 bridgehead atoms. The number of para-hydroxylation sites is 1. The Labute approximate surface area is 206 Å². The fourth-order valence-electron chi connectivity index (χ4n) is 3.41. The van der Waals surface area contributed by atoms with Gasteiger partial charge in [-0.25, -0.2) is 9.59 Å². The first-order valence-corrected chi connectivity index (χ1v) is 11.7. The number of aromatic carboxylic acids is 2. The van der Waals surface area contributed by atoms with Gasteiger partial charge in [-0.2, -0.15) is 0 Å². The normalized spacial score (nSPS) is 10.5. The molecule has 0 unspecified atom stereocenters. The Balaban J connectivity index is 1.62. The van der Waals surface area contributed by atoms with Gasteiger partial charge in [0.2, 0.25) is 5.91 Å². The van der Waals surface area contributed by atoms with Gasteiger partial charge in [0.25, 0.3) is 5.91 Å². The molecule has 0 atom stereocenters. The van der Waals surface area contributed by atoms with E-state index in [1.54, 1.807) is 24.3 Å². The Morgan fingerprint density at radius 3 is 2.20 bits per heavy atom. The van der Waals surface area contributed by atoms with Crippen molar-refractivity contribution in [3.8, 4) is 0 Å². The molecule has 3 aromatic carbocycles. The molecule has 8 nitrogen and oxygen atoms in total. The van der Waals surface area contributed by atoms with Gasteiger partial charge in [0, 0.05) is 16.3 Å². The largest absolute Gasteiger partial charge is 0.478 e. The van der Waals surface area contributed by atoms with E-state index in [-0.39, 0.29) is 22.8 Å². The fraction of sp³-hybridized carbons (Fsp3) is 0.154. The minimum atomic E-state index is -1.40. The molecule has 3 aromatic rings. The maximum atomic E-state index is 12.6. The maximum Gasteiger partial charge on any atom is 0.336 e. The van der Waals surface area contributed by atoms with Gasteiger partial charge in [0.05, 0.1) is 22.4 Å². The summed E-state index contributed by atoms with van der Waals surface area (Å²) in [5.41, 5.74) is 2.57. The average molecular weight is 493 g/mol. The van der Waals surface area contributed by atoms with Gasteiger partial charge in [-0.05, 0) is 66.9 Å². The molecule has 4 N–H and O–H groups in total. The summed E-state index contributed by atoms with van der Waals surface area (Å²) in [5, 5.41) is 24.0. The molecular formula is C26H24N2O6S. The Morgan fingerprint density at radius 2 is 1.57 bits per heavy atom. The van der Waals surface area contributed by atoms with Gasteiger partial charge < -0.3 is 20.8 Å². The zero-order valence-corrected chi connectivity index (χ0v) is 19.9. The molecule has 0 fully saturated rings. The molecule has 3 rings (SSSR count). The highest BCUT2D eigenvalue weighted by molar-refractivity contribution is 8.00. The van der Waals surface area contributed by atoms with E-state index < -0.39 is 23.4 Å². The maximum absolute atomic E-state index is 12.6. The lowest BCUT2D eigenvalue weighted by molar-refractivity contribution is -0.113. The second-order valence-electron chi connectivity index (χ2n) is 7.65. The molecule has 0 spiro atoms. The van der Waals surface area contributed by atoms with Crippen molar-refractivity contribution in [3.63, 3.8) is 0 Å². The van der Waals surface area contributed by atoms with Gasteiger partial charge in [-0.3, -0.25) is 9.59 Å². The lowest BCUT2D eigenvalue weighted by Gasteiger charge is -2.13. The number of benzene rings is 3. The van der Waals surface area contributed by atoms with Crippen LogP contribution in [0.3, 0.4) is 0 Å². The monoisotopic (exact) mass is 492 g/mol. The van der Waals surface area contributed by atoms with Crippen LogP contribution in [0.4, 0.5) is 11.4 Å². The number of aryl methyl sites for hydroxylation is 2. The van der Waals surface area contributed by atoms with E-state index in [4.69, 9.17) is 5.11 Å². The molecule has 0 aliphatic rings. The fourth-order valence-corrected chi connectivity index (χ4v) is 4.11. The van der Waals surface area contributed by atoms with Crippen molar-refractivity contribution >= 4 is 46.9 Å². The Morgan fingerprint density at radius 1 is 0.857 bits per heavy atom. The van der Waals surface area contributed by atoms with E-state index in [9.17, 15) is 24.3 Å². The van der Waals surface area contributed by atoms with E-state index in [2.05, 4.69) is 10.6 Å². The van der Waals surface area contributed by atoms with Crippen molar-refractivity contribution in [3.05, 3.63) is 88.5 Å². The van der Waals surface area contributed by atoms with Crippen LogP contribution < -0.4 is 10.6 Å². The minimum Gasteiger partial charge on any atom is -0.478 e. The first kappa shape index (κ1) is 25.5. The summed E-state index contributed by atoms with van der Waals surface area (Å²) in [6, 6.07) is 16.0. The standard InChI is InChI=1S/C26H24N2O6S/c1-3-16-6-4-5-15(2)23(16)28-22(29)14-35-19-10-8-18(9-11-19)27-24(30)20-12-7-17(25(31)32)13-21(20)26(33)34/h4-13H,3,14H2,1-2H3,(H,27,30)(H,28,29)(H,31,32)(H,33,34). The van der Waals surface area contributed by atoms with E-state index >= 15 is 0 Å². The highest BCUT2D eigenvalue weighted by atomic mass is 32.2. The van der Waals surface area contributed by atoms with Crippen molar-refractivity contribution in [2.75, 3.05) is 16.4 Å². The van der Waals surface area contributed by atoms with Crippen molar-refractivity contribution in [2.45, 2.75) is 25.2 Å². The summed E-state index contributed by atoms with van der Waals surface area (Å²) in [7, 11) is 0. The van der Waals surface area contributed by atoms with E-state index in [1.807, 2.05) is 32.0 Å². The van der Waals surface area contributed by atoms with Gasteiger partial charge in [-0.1, -0.05) is 25.1 Å². The smallest absolute Gasteiger partial charge is 0.336 e. The van der Waals surface area contributed by atoms with Crippen LogP contribution in [0.15, 0.2) is 65.6 Å². The van der Waals surface area contributed by atoms with Gasteiger partial charge >= 0.3 is 11.9 Å². The van der Waals surface area contributed by atoms with E-state index in [0.29, 0.717) is 5.69 Å². The molecule has 0 aliphatic heterocycles. The number of thioether (sulfide) groups is 1. The third kappa shape index (κ3) is 6.48. The topological polar surface area (TPSA) is 133 Å². The van der Waals surface area contributed by atoms with Crippen LogP contribution in [0.25, 0.3) is 0 Å². The molecule has 0 aliphatic carbocycles. The second-order valence-corrected chi connectivity index (χ2v) is 8.70. The quantitative estimate of drug-likeness (QED) is 0.311. The molecule has 0 aromatic heterocycles. The zero-order valence-electron chi connectivity index (χ0n) is 19.1. The van der Waals surface area contributed by atoms with Crippen LogP contribution >= 0.6 is 11.8 Å². The summed E-state index contributed by atoms with van der Waals surface area (Å²) in [4.78, 5) is 48.4. The predicted molar refractivity (Wildman–Crippen MR) is 135 cm³/mol. The van der Waals surface area contributed by atoms with E-state index in [1.165, 1.54) is 23.9 Å². The highest BCUT2D eigenvalue weighted by Crippen LogP contribution is 2.24. The molecule has 0 saturated carbocycles. The van der Waals surface area contributed by atoms with Gasteiger partial charge in [0.15, 0.2) is 0 Å². The molecule has 0 saturated heterocycles. The Kier molecular flexibility index (Phi) is 8.27. The molecule has 180 valence electrons. The van der Waals surface area contributed by atoms with Gasteiger partial charge in [0.1, 0.15) is 0 Å². The zero-order chi connectivity index (χ0) is 25.5. The average Bonchev–Trinajstić information content (AvgIpc) is 2.84. The third-order valence-corrected chi connectivity index (χ3v) is 6.24. The van der Waals surface area contributed by atoms with Crippen molar-refractivity contribution < 1.29 is 29.4 Å². The molecule has 0 radical (unpaired) electrons. The minimum absolute atomic E-state index is 0.123. The number of hydrogen-bond donors (Lipinski definition) is 4. The predicted octanol–water partition coefficient (Wildman–Crippen LogP) is 4.94. The number of carboxylic acid groups (broad SMARTS) is 2. The van der Waals surface area contributed by atoms with Gasteiger partial charge in [-0.15, -0.1) is 11.8 Å². The van der Waals surface area contributed by atoms with Crippen molar-refractivity contribution in [1.29, 1.82) is 0 Å². The van der Waals surface area contributed by atoms with Crippen molar-refractivity contribution in [2.24, 2.45) is 0 Å². The van der Waals surface area contributed by atoms with Crippen LogP contribution in [0.5, 0.6) is 0 Å². The lowest BCUT2D eigenvalue weighted by atomic mass is 10.0. The molecular weight excluding hydrogens is 468 g/mol. The number of anilines is 2. The van der Waals surface area contributed by atoms with Crippen molar-refractivity contribution in [1.82, 2.24) is 0 Å². The van der Waals surface area contributed by atoms with Crippen LogP contribution in [0.1, 0.15) is 49.1 Å².